The number of aliphatic hydroxyl groups excluding tert-OH is 2. The van der Waals surface area contributed by atoms with Crippen LogP contribution in [0.1, 0.15) is 74.1 Å². The molecule has 3 fully saturated rings. The third-order valence-corrected chi connectivity index (χ3v) is 9.65. The summed E-state index contributed by atoms with van der Waals surface area (Å²) in [5.74, 6) is -4.00. The summed E-state index contributed by atoms with van der Waals surface area (Å²) >= 11 is 0. The number of esters is 1. The molecule has 0 radical (unpaired) electrons. The molecule has 12 heteroatoms. The lowest BCUT2D eigenvalue weighted by atomic mass is 9.76. The minimum atomic E-state index is -1.91. The standard InChI is InChI=1S/C31H53NO11/c1-10-23-31(7,38)27(36)19(5)25(34)16(2)13-30(6)24(43-29-26(35)21(32(8)9)11-17(3)41-29)12-22(18(4)28(37)42-23)39-14-20(33)15-40-30/h16-19,21-24,26-27,29,35-36,38H,10-15H2,1-9H3/t16-,17-,18-,19+,21+,22-,23-,24-,26-,27+,29?,30+,31-/m1/s1. The van der Waals surface area contributed by atoms with Crippen molar-refractivity contribution in [3.63, 3.8) is 0 Å². The molecule has 13 atom stereocenters. The number of ketones is 2. The number of nitrogens with zero attached hydrogens (tertiary/aromatic N) is 1. The van der Waals surface area contributed by atoms with Crippen molar-refractivity contribution in [2.45, 2.75) is 134 Å². The molecule has 3 saturated heterocycles. The first-order chi connectivity index (χ1) is 19.9. The molecule has 0 saturated carbocycles. The van der Waals surface area contributed by atoms with Crippen molar-refractivity contribution < 1.29 is 53.4 Å². The van der Waals surface area contributed by atoms with Crippen molar-refractivity contribution in [1.29, 1.82) is 0 Å². The number of cyclic esters (lactones) is 1. The van der Waals surface area contributed by atoms with E-state index in [0.717, 1.165) is 0 Å². The average molecular weight is 616 g/mol. The van der Waals surface area contributed by atoms with Gasteiger partial charge >= 0.3 is 5.97 Å². The van der Waals surface area contributed by atoms with Gasteiger partial charge in [0, 0.05) is 24.3 Å². The third kappa shape index (κ3) is 8.02. The molecule has 0 spiro atoms. The molecule has 2 bridgehead atoms. The van der Waals surface area contributed by atoms with Gasteiger partial charge in [-0.2, -0.15) is 0 Å². The minimum absolute atomic E-state index is 0.0555. The summed E-state index contributed by atoms with van der Waals surface area (Å²) in [6, 6.07) is -0.251. The van der Waals surface area contributed by atoms with Crippen LogP contribution in [0.4, 0.5) is 0 Å². The highest BCUT2D eigenvalue weighted by atomic mass is 16.7. The molecule has 0 aromatic rings. The summed E-state index contributed by atoms with van der Waals surface area (Å²) in [5.41, 5.74) is -3.19. The van der Waals surface area contributed by atoms with Crippen LogP contribution in [0.2, 0.25) is 0 Å². The SMILES string of the molecule is CC[C@H]1OC(=O)[C@H](C)[C@H]2C[C@@H](OC3O[C@H](C)C[C@H](N(C)C)[C@H]3O)[C@](C)(C[C@@H](C)C(=O)[C@H](C)[C@H](O)[C@]1(C)O)OCC(=O)CO2. The van der Waals surface area contributed by atoms with Gasteiger partial charge in [-0.1, -0.05) is 20.8 Å². The Labute approximate surface area is 255 Å². The Hall–Kier alpha value is -1.51. The maximum Gasteiger partial charge on any atom is 0.311 e. The van der Waals surface area contributed by atoms with E-state index in [4.69, 9.17) is 23.7 Å². The van der Waals surface area contributed by atoms with E-state index in [1.165, 1.54) is 13.8 Å². The Bertz CT molecular complexity index is 989. The molecule has 1 unspecified atom stereocenters. The Kier molecular flexibility index (Phi) is 11.9. The highest BCUT2D eigenvalue weighted by Crippen LogP contribution is 2.38. The number of hydrogen-bond acceptors (Lipinski definition) is 12. The molecule has 0 aliphatic carbocycles. The van der Waals surface area contributed by atoms with E-state index in [2.05, 4.69) is 0 Å². The number of rotatable bonds is 4. The van der Waals surface area contributed by atoms with Crippen LogP contribution >= 0.6 is 0 Å². The smallest absolute Gasteiger partial charge is 0.311 e. The maximum absolute atomic E-state index is 13.7. The highest BCUT2D eigenvalue weighted by Gasteiger charge is 2.51. The molecule has 248 valence electrons. The zero-order valence-corrected chi connectivity index (χ0v) is 27.1. The largest absolute Gasteiger partial charge is 0.459 e. The molecule has 43 heavy (non-hydrogen) atoms. The highest BCUT2D eigenvalue weighted by molar-refractivity contribution is 5.84. The fraction of sp³-hybridized carbons (Fsp3) is 0.903. The number of fused-ring (bicyclic) bond motifs is 3. The van der Waals surface area contributed by atoms with Gasteiger partial charge in [0.2, 0.25) is 0 Å². The number of carbonyl (C=O) groups excluding carboxylic acids is 3. The average Bonchev–Trinajstić information content (AvgIpc) is 3.00. The number of likely N-dealkylation sites (N-methyl/N-ethyl adjacent to an activating group) is 1. The Morgan fingerprint density at radius 1 is 1.00 bits per heavy atom. The van der Waals surface area contributed by atoms with Gasteiger partial charge in [0.1, 0.15) is 36.8 Å². The van der Waals surface area contributed by atoms with Crippen LogP contribution in [-0.4, -0.2) is 125 Å². The molecular formula is C31H53NO11. The lowest BCUT2D eigenvalue weighted by molar-refractivity contribution is -0.294. The van der Waals surface area contributed by atoms with E-state index >= 15 is 0 Å². The molecule has 0 aromatic heterocycles. The van der Waals surface area contributed by atoms with Gasteiger partial charge in [-0.25, -0.2) is 0 Å². The summed E-state index contributed by atoms with van der Waals surface area (Å²) in [4.78, 5) is 41.9. The summed E-state index contributed by atoms with van der Waals surface area (Å²) < 4.78 is 30.6. The van der Waals surface area contributed by atoms with Gasteiger partial charge in [0.25, 0.3) is 0 Å². The molecule has 12 nitrogen and oxygen atoms in total. The number of hydrogen-bond donors (Lipinski definition) is 3. The predicted octanol–water partition coefficient (Wildman–Crippen LogP) is 1.25. The number of aliphatic hydroxyl groups is 3. The van der Waals surface area contributed by atoms with Crippen molar-refractivity contribution in [3.8, 4) is 0 Å². The van der Waals surface area contributed by atoms with Gasteiger partial charge in [0.05, 0.1) is 35.9 Å². The van der Waals surface area contributed by atoms with Gasteiger partial charge in [-0.05, 0) is 61.1 Å². The Morgan fingerprint density at radius 2 is 1.65 bits per heavy atom. The van der Waals surface area contributed by atoms with Crippen LogP contribution in [0.5, 0.6) is 0 Å². The van der Waals surface area contributed by atoms with Crippen LogP contribution in [-0.2, 0) is 38.1 Å². The second-order valence-corrected chi connectivity index (χ2v) is 13.5. The molecule has 3 heterocycles. The zero-order chi connectivity index (χ0) is 32.4. The molecule has 3 aliphatic heterocycles. The van der Waals surface area contributed by atoms with Crippen molar-refractivity contribution in [3.05, 3.63) is 0 Å². The Balaban J connectivity index is 2.11. The van der Waals surface area contributed by atoms with E-state index in [9.17, 15) is 29.7 Å². The minimum Gasteiger partial charge on any atom is -0.459 e. The van der Waals surface area contributed by atoms with Crippen molar-refractivity contribution in [1.82, 2.24) is 4.90 Å². The monoisotopic (exact) mass is 615 g/mol. The van der Waals surface area contributed by atoms with Crippen LogP contribution in [0, 0.1) is 17.8 Å². The lowest BCUT2D eigenvalue weighted by Gasteiger charge is -2.46. The summed E-state index contributed by atoms with van der Waals surface area (Å²) in [6.45, 7) is 10.9. The van der Waals surface area contributed by atoms with Gasteiger partial charge in [-0.3, -0.25) is 14.4 Å². The van der Waals surface area contributed by atoms with E-state index in [1.807, 2.05) is 25.9 Å². The Morgan fingerprint density at radius 3 is 2.26 bits per heavy atom. The van der Waals surface area contributed by atoms with E-state index in [0.29, 0.717) is 6.42 Å². The normalized spacial score (nSPS) is 46.1. The van der Waals surface area contributed by atoms with E-state index in [-0.39, 0.29) is 56.2 Å². The summed E-state index contributed by atoms with van der Waals surface area (Å²) in [7, 11) is 3.74. The van der Waals surface area contributed by atoms with Gasteiger partial charge < -0.3 is 43.9 Å². The number of Topliss-reactive ketones (excluding diaryl/α,β-unsaturated/α-hetero) is 2. The van der Waals surface area contributed by atoms with Gasteiger partial charge in [-0.15, -0.1) is 0 Å². The van der Waals surface area contributed by atoms with Crippen LogP contribution in [0.15, 0.2) is 0 Å². The zero-order valence-electron chi connectivity index (χ0n) is 27.1. The summed E-state index contributed by atoms with van der Waals surface area (Å²) in [5, 5.41) is 33.8. The van der Waals surface area contributed by atoms with E-state index in [1.54, 1.807) is 27.7 Å². The molecule has 3 aliphatic rings. The molecule has 3 rings (SSSR count). The number of ether oxygens (including phenoxy) is 5. The van der Waals surface area contributed by atoms with Crippen molar-refractivity contribution >= 4 is 17.5 Å². The topological polar surface area (TPSA) is 161 Å². The first kappa shape index (κ1) is 36.0. The van der Waals surface area contributed by atoms with Crippen molar-refractivity contribution in [2.24, 2.45) is 17.8 Å². The van der Waals surface area contributed by atoms with Crippen molar-refractivity contribution in [2.75, 3.05) is 27.3 Å². The molecule has 0 amide bonds. The quantitative estimate of drug-likeness (QED) is 0.389. The summed E-state index contributed by atoms with van der Waals surface area (Å²) in [6.07, 6.45) is -5.82. The fourth-order valence-corrected chi connectivity index (χ4v) is 6.69. The molecular weight excluding hydrogens is 562 g/mol. The maximum atomic E-state index is 13.7. The fourth-order valence-electron chi connectivity index (χ4n) is 6.69. The van der Waals surface area contributed by atoms with Gasteiger partial charge in [0.15, 0.2) is 12.1 Å². The van der Waals surface area contributed by atoms with Crippen LogP contribution in [0.3, 0.4) is 0 Å². The molecule has 0 aromatic carbocycles. The lowest BCUT2D eigenvalue weighted by Crippen LogP contribution is -2.58. The third-order valence-electron chi connectivity index (χ3n) is 9.65. The second kappa shape index (κ2) is 14.3. The van der Waals surface area contributed by atoms with E-state index < -0.39 is 71.7 Å². The first-order valence-electron chi connectivity index (χ1n) is 15.5. The second-order valence-electron chi connectivity index (χ2n) is 13.5. The number of carbonyl (C=O) groups is 3. The predicted molar refractivity (Wildman–Crippen MR) is 155 cm³/mol. The molecule has 3 N–H and O–H groups in total. The van der Waals surface area contributed by atoms with Crippen LogP contribution in [0.25, 0.3) is 0 Å². The van der Waals surface area contributed by atoms with Crippen LogP contribution < -0.4 is 0 Å². The first-order valence-corrected chi connectivity index (χ1v) is 15.5.